The highest BCUT2D eigenvalue weighted by molar-refractivity contribution is 5.82. The smallest absolute Gasteiger partial charge is 0.239 e. The van der Waals surface area contributed by atoms with Gasteiger partial charge in [-0.2, -0.15) is 0 Å². The first kappa shape index (κ1) is 15.6. The van der Waals surface area contributed by atoms with E-state index in [1.807, 2.05) is 23.1 Å². The van der Waals surface area contributed by atoms with Crippen LogP contribution in [0.2, 0.25) is 0 Å². The van der Waals surface area contributed by atoms with E-state index >= 15 is 0 Å². The molecule has 1 saturated heterocycles. The Morgan fingerprint density at radius 1 is 1.24 bits per heavy atom. The van der Waals surface area contributed by atoms with E-state index < -0.39 is 6.04 Å². The second-order valence-electron chi connectivity index (χ2n) is 6.04. The number of hydrogen-bond donors (Lipinski definition) is 2. The number of amides is 1. The van der Waals surface area contributed by atoms with E-state index in [9.17, 15) is 9.90 Å². The number of carbonyl (C=O) groups is 1. The maximum atomic E-state index is 12.3. The molecule has 0 bridgehead atoms. The third kappa shape index (κ3) is 3.88. The molecule has 0 aliphatic carbocycles. The molecular formula is C16H25N3O2. The average Bonchev–Trinajstić information content (AvgIpc) is 2.46. The Labute approximate surface area is 126 Å². The molecule has 0 spiro atoms. The Bertz CT molecular complexity index is 482. The summed E-state index contributed by atoms with van der Waals surface area (Å²) in [7, 11) is 0. The number of carbonyl (C=O) groups excluding carboxylic acids is 1. The maximum Gasteiger partial charge on any atom is 0.239 e. The largest absolute Gasteiger partial charge is 0.506 e. The van der Waals surface area contributed by atoms with E-state index in [0.29, 0.717) is 19.0 Å². The van der Waals surface area contributed by atoms with E-state index in [1.54, 1.807) is 6.07 Å². The Morgan fingerprint density at radius 3 is 2.43 bits per heavy atom. The summed E-state index contributed by atoms with van der Waals surface area (Å²) >= 11 is 0. The monoisotopic (exact) mass is 291 g/mol. The zero-order valence-electron chi connectivity index (χ0n) is 12.8. The van der Waals surface area contributed by atoms with Crippen molar-refractivity contribution in [3.8, 4) is 5.75 Å². The fourth-order valence-corrected chi connectivity index (χ4v) is 2.74. The summed E-state index contributed by atoms with van der Waals surface area (Å²) in [6, 6.07) is 6.90. The number of nitrogens with zero attached hydrogens (tertiary/aromatic N) is 2. The molecule has 1 aromatic rings. The van der Waals surface area contributed by atoms with Crippen LogP contribution in [-0.2, 0) is 4.79 Å². The third-order valence-electron chi connectivity index (χ3n) is 3.86. The van der Waals surface area contributed by atoms with Crippen LogP contribution in [-0.4, -0.2) is 48.1 Å². The Morgan fingerprint density at radius 2 is 1.86 bits per heavy atom. The lowest BCUT2D eigenvalue weighted by atomic mass is 10.0. The van der Waals surface area contributed by atoms with Gasteiger partial charge in [0.1, 0.15) is 5.75 Å². The lowest BCUT2D eigenvalue weighted by Crippen LogP contribution is -2.53. The number of benzene rings is 1. The number of nitrogens with two attached hydrogens (primary N) is 1. The van der Waals surface area contributed by atoms with Crippen LogP contribution in [0.5, 0.6) is 5.75 Å². The van der Waals surface area contributed by atoms with E-state index in [-0.39, 0.29) is 11.7 Å². The van der Waals surface area contributed by atoms with Crippen molar-refractivity contribution in [1.29, 1.82) is 0 Å². The molecule has 21 heavy (non-hydrogen) atoms. The molecule has 0 saturated carbocycles. The summed E-state index contributed by atoms with van der Waals surface area (Å²) in [5.74, 6) is 0.751. The van der Waals surface area contributed by atoms with E-state index in [0.717, 1.165) is 25.2 Å². The van der Waals surface area contributed by atoms with E-state index in [1.165, 1.54) is 0 Å². The Kier molecular flexibility index (Phi) is 5.07. The summed E-state index contributed by atoms with van der Waals surface area (Å²) in [6.45, 7) is 6.89. The summed E-state index contributed by atoms with van der Waals surface area (Å²) in [5.41, 5.74) is 6.80. The predicted molar refractivity (Wildman–Crippen MR) is 84.3 cm³/mol. The first-order chi connectivity index (χ1) is 9.99. The number of hydrogen-bond acceptors (Lipinski definition) is 4. The van der Waals surface area contributed by atoms with Crippen molar-refractivity contribution in [2.75, 3.05) is 31.1 Å². The molecule has 1 aliphatic rings. The molecular weight excluding hydrogens is 266 g/mol. The standard InChI is InChI=1S/C16H25N3O2/c1-12(2)11-13(17)16(21)19-9-7-18(8-10-19)14-5-3-4-6-15(14)20/h3-6,12-13,20H,7-11,17H2,1-2H3/t13-/m0/s1. The third-order valence-corrected chi connectivity index (χ3v) is 3.86. The number of anilines is 1. The van der Waals surface area contributed by atoms with Crippen molar-refractivity contribution in [1.82, 2.24) is 4.90 Å². The van der Waals surface area contributed by atoms with Crippen LogP contribution in [0.4, 0.5) is 5.69 Å². The van der Waals surface area contributed by atoms with Gasteiger partial charge < -0.3 is 20.6 Å². The number of aromatic hydroxyl groups is 1. The fraction of sp³-hybridized carbons (Fsp3) is 0.562. The molecule has 2 rings (SSSR count). The maximum absolute atomic E-state index is 12.3. The van der Waals surface area contributed by atoms with Crippen molar-refractivity contribution < 1.29 is 9.90 Å². The van der Waals surface area contributed by atoms with Crippen LogP contribution in [0.1, 0.15) is 20.3 Å². The summed E-state index contributed by atoms with van der Waals surface area (Å²) < 4.78 is 0. The SMILES string of the molecule is CC(C)C[C@H](N)C(=O)N1CCN(c2ccccc2O)CC1. The molecule has 0 unspecified atom stereocenters. The lowest BCUT2D eigenvalue weighted by Gasteiger charge is -2.37. The van der Waals surface area contributed by atoms with Gasteiger partial charge in [-0.05, 0) is 24.5 Å². The van der Waals surface area contributed by atoms with Gasteiger partial charge in [0.05, 0.1) is 11.7 Å². The van der Waals surface area contributed by atoms with Crippen LogP contribution < -0.4 is 10.6 Å². The highest BCUT2D eigenvalue weighted by Crippen LogP contribution is 2.27. The molecule has 0 radical (unpaired) electrons. The number of rotatable bonds is 4. The lowest BCUT2D eigenvalue weighted by molar-refractivity contribution is -0.133. The number of phenols is 1. The molecule has 1 aromatic carbocycles. The predicted octanol–water partition coefficient (Wildman–Crippen LogP) is 1.41. The van der Waals surface area contributed by atoms with Crippen LogP contribution in [0.25, 0.3) is 0 Å². The van der Waals surface area contributed by atoms with Gasteiger partial charge in [0.2, 0.25) is 5.91 Å². The quantitative estimate of drug-likeness (QED) is 0.880. The molecule has 116 valence electrons. The van der Waals surface area contributed by atoms with Gasteiger partial charge in [-0.3, -0.25) is 4.79 Å². The van der Waals surface area contributed by atoms with Gasteiger partial charge in [-0.1, -0.05) is 26.0 Å². The highest BCUT2D eigenvalue weighted by atomic mass is 16.3. The van der Waals surface area contributed by atoms with Crippen molar-refractivity contribution in [3.63, 3.8) is 0 Å². The average molecular weight is 291 g/mol. The summed E-state index contributed by atoms with van der Waals surface area (Å²) in [6.07, 6.45) is 0.721. The van der Waals surface area contributed by atoms with Gasteiger partial charge in [0.15, 0.2) is 0 Å². The van der Waals surface area contributed by atoms with Crippen molar-refractivity contribution >= 4 is 11.6 Å². The van der Waals surface area contributed by atoms with E-state index in [2.05, 4.69) is 18.7 Å². The number of piperazine rings is 1. The minimum atomic E-state index is -0.401. The first-order valence-electron chi connectivity index (χ1n) is 7.56. The van der Waals surface area contributed by atoms with Crippen LogP contribution in [0.3, 0.4) is 0 Å². The molecule has 1 fully saturated rings. The second kappa shape index (κ2) is 6.80. The molecule has 1 heterocycles. The first-order valence-corrected chi connectivity index (χ1v) is 7.56. The number of para-hydroxylation sites is 2. The molecule has 5 nitrogen and oxygen atoms in total. The Hall–Kier alpha value is -1.75. The molecule has 1 amide bonds. The summed E-state index contributed by atoms with van der Waals surface area (Å²) in [4.78, 5) is 16.2. The minimum absolute atomic E-state index is 0.0423. The van der Waals surface area contributed by atoms with Crippen LogP contribution in [0, 0.1) is 5.92 Å². The van der Waals surface area contributed by atoms with Crippen LogP contribution >= 0.6 is 0 Å². The van der Waals surface area contributed by atoms with Gasteiger partial charge in [-0.25, -0.2) is 0 Å². The zero-order valence-corrected chi connectivity index (χ0v) is 12.8. The molecule has 1 aliphatic heterocycles. The normalized spacial score (nSPS) is 17.1. The molecule has 3 N–H and O–H groups in total. The van der Waals surface area contributed by atoms with Crippen LogP contribution in [0.15, 0.2) is 24.3 Å². The molecule has 0 aromatic heterocycles. The topological polar surface area (TPSA) is 69.8 Å². The van der Waals surface area contributed by atoms with Crippen molar-refractivity contribution in [3.05, 3.63) is 24.3 Å². The highest BCUT2D eigenvalue weighted by Gasteiger charge is 2.26. The molecule has 5 heteroatoms. The molecule has 1 atom stereocenters. The zero-order chi connectivity index (χ0) is 15.4. The van der Waals surface area contributed by atoms with Crippen molar-refractivity contribution in [2.45, 2.75) is 26.3 Å². The van der Waals surface area contributed by atoms with Gasteiger partial charge in [0.25, 0.3) is 0 Å². The minimum Gasteiger partial charge on any atom is -0.506 e. The van der Waals surface area contributed by atoms with E-state index in [4.69, 9.17) is 5.73 Å². The van der Waals surface area contributed by atoms with Gasteiger partial charge in [-0.15, -0.1) is 0 Å². The van der Waals surface area contributed by atoms with Gasteiger partial charge in [0, 0.05) is 26.2 Å². The van der Waals surface area contributed by atoms with Gasteiger partial charge >= 0.3 is 0 Å². The second-order valence-corrected chi connectivity index (χ2v) is 6.04. The Balaban J connectivity index is 1.91. The fourth-order valence-electron chi connectivity index (χ4n) is 2.74. The summed E-state index contributed by atoms with van der Waals surface area (Å²) in [5, 5.41) is 9.88. The van der Waals surface area contributed by atoms with Crippen molar-refractivity contribution in [2.24, 2.45) is 11.7 Å². The number of phenolic OH excluding ortho intramolecular Hbond substituents is 1.